The van der Waals surface area contributed by atoms with Crippen molar-refractivity contribution in [2.45, 2.75) is 26.2 Å². The number of nitrogens with zero attached hydrogens (tertiary/aromatic N) is 4. The topological polar surface area (TPSA) is 43.1 Å². The Hall–Kier alpha value is -1.44. The Morgan fingerprint density at radius 3 is 2.33 bits per heavy atom. The zero-order valence-corrected chi connectivity index (χ0v) is 10.0. The molecule has 0 unspecified atom stereocenters. The van der Waals surface area contributed by atoms with Crippen LogP contribution in [0.25, 0.3) is 5.65 Å². The summed E-state index contributed by atoms with van der Waals surface area (Å²) in [5, 5.41) is 10.1. The fourth-order valence-corrected chi connectivity index (χ4v) is 1.62. The summed E-state index contributed by atoms with van der Waals surface area (Å²) in [5.41, 5.74) is 0.967. The van der Waals surface area contributed by atoms with Crippen LogP contribution in [0.3, 0.4) is 0 Å². The highest BCUT2D eigenvalue weighted by Crippen LogP contribution is 2.34. The Labute approximate surface area is 104 Å². The van der Waals surface area contributed by atoms with Gasteiger partial charge in [0.05, 0.1) is 0 Å². The van der Waals surface area contributed by atoms with Crippen LogP contribution in [0, 0.1) is 13.8 Å². The van der Waals surface area contributed by atoms with Gasteiger partial charge in [0.2, 0.25) is 5.82 Å². The first-order valence-corrected chi connectivity index (χ1v) is 5.19. The first-order chi connectivity index (χ1) is 8.26. The van der Waals surface area contributed by atoms with Crippen LogP contribution in [0.5, 0.6) is 0 Å². The van der Waals surface area contributed by atoms with Crippen molar-refractivity contribution in [1.29, 1.82) is 0 Å². The zero-order valence-electron chi connectivity index (χ0n) is 9.26. The summed E-state index contributed by atoms with van der Waals surface area (Å²) in [4.78, 5) is 0. The molecular weight excluding hydrogens is 276 g/mol. The lowest BCUT2D eigenvalue weighted by Crippen LogP contribution is -2.27. The van der Waals surface area contributed by atoms with Crippen LogP contribution in [0.2, 0.25) is 5.15 Å². The second kappa shape index (κ2) is 4.04. The van der Waals surface area contributed by atoms with E-state index in [0.717, 1.165) is 0 Å². The van der Waals surface area contributed by atoms with Crippen molar-refractivity contribution in [3.63, 3.8) is 0 Å². The highest BCUT2D eigenvalue weighted by atomic mass is 35.5. The van der Waals surface area contributed by atoms with Gasteiger partial charge in [0, 0.05) is 5.56 Å². The highest BCUT2D eigenvalue weighted by molar-refractivity contribution is 6.30. The Balaban J connectivity index is 2.77. The monoisotopic (exact) mass is 282 g/mol. The van der Waals surface area contributed by atoms with Crippen LogP contribution >= 0.6 is 11.6 Å². The SMILES string of the molecule is Cc1c(Cl)nn2c(C(F)(F)C(F)F)nnc2c1C. The van der Waals surface area contributed by atoms with Gasteiger partial charge < -0.3 is 0 Å². The Morgan fingerprint density at radius 2 is 1.78 bits per heavy atom. The van der Waals surface area contributed by atoms with Gasteiger partial charge >= 0.3 is 12.3 Å². The minimum atomic E-state index is -4.43. The molecule has 0 atom stereocenters. The number of alkyl halides is 4. The van der Waals surface area contributed by atoms with Crippen LogP contribution in [0.15, 0.2) is 0 Å². The number of hydrogen-bond acceptors (Lipinski definition) is 3. The molecule has 9 heteroatoms. The van der Waals surface area contributed by atoms with Crippen molar-refractivity contribution >= 4 is 17.2 Å². The molecule has 0 fully saturated rings. The molecule has 0 N–H and O–H groups in total. The third kappa shape index (κ3) is 1.71. The third-order valence-corrected chi connectivity index (χ3v) is 2.97. The zero-order chi connectivity index (χ0) is 13.7. The normalized spacial score (nSPS) is 12.7. The average Bonchev–Trinajstić information content (AvgIpc) is 2.70. The lowest BCUT2D eigenvalue weighted by Gasteiger charge is -2.13. The molecule has 2 heterocycles. The molecule has 2 aromatic heterocycles. The van der Waals surface area contributed by atoms with Gasteiger partial charge in [-0.2, -0.15) is 18.4 Å². The van der Waals surface area contributed by atoms with Crippen LogP contribution in [-0.2, 0) is 5.92 Å². The largest absolute Gasteiger partial charge is 0.367 e. The van der Waals surface area contributed by atoms with Crippen LogP contribution in [-0.4, -0.2) is 26.2 Å². The molecule has 0 saturated heterocycles. The van der Waals surface area contributed by atoms with E-state index in [1.54, 1.807) is 13.8 Å². The summed E-state index contributed by atoms with van der Waals surface area (Å²) < 4.78 is 51.6. The summed E-state index contributed by atoms with van der Waals surface area (Å²) in [6, 6.07) is 0. The lowest BCUT2D eigenvalue weighted by molar-refractivity contribution is -0.142. The molecular formula is C9H7ClF4N4. The molecule has 0 aliphatic carbocycles. The average molecular weight is 283 g/mol. The molecule has 0 aliphatic rings. The van der Waals surface area contributed by atoms with Crippen molar-refractivity contribution in [2.75, 3.05) is 0 Å². The Kier molecular flexibility index (Phi) is 2.92. The van der Waals surface area contributed by atoms with E-state index >= 15 is 0 Å². The number of fused-ring (bicyclic) bond motifs is 1. The molecule has 0 spiro atoms. The van der Waals surface area contributed by atoms with Crippen molar-refractivity contribution in [3.05, 3.63) is 22.1 Å². The number of aryl methyl sites for hydroxylation is 1. The van der Waals surface area contributed by atoms with Gasteiger partial charge in [-0.15, -0.1) is 10.2 Å². The van der Waals surface area contributed by atoms with Crippen molar-refractivity contribution in [2.24, 2.45) is 0 Å². The van der Waals surface area contributed by atoms with Gasteiger partial charge in [-0.25, -0.2) is 8.78 Å². The second-order valence-corrected chi connectivity index (χ2v) is 4.08. The van der Waals surface area contributed by atoms with Crippen LogP contribution in [0.1, 0.15) is 17.0 Å². The van der Waals surface area contributed by atoms with E-state index in [2.05, 4.69) is 15.3 Å². The Bertz CT molecular complexity index is 610. The van der Waals surface area contributed by atoms with Gasteiger partial charge in [-0.1, -0.05) is 11.6 Å². The number of hydrogen-bond donors (Lipinski definition) is 0. The summed E-state index contributed by atoms with van der Waals surface area (Å²) in [5.74, 6) is -5.66. The Morgan fingerprint density at radius 1 is 1.17 bits per heavy atom. The molecule has 18 heavy (non-hydrogen) atoms. The molecule has 0 bridgehead atoms. The molecule has 4 nitrogen and oxygen atoms in total. The van der Waals surface area contributed by atoms with E-state index in [0.29, 0.717) is 15.6 Å². The van der Waals surface area contributed by atoms with E-state index in [-0.39, 0.29) is 10.8 Å². The van der Waals surface area contributed by atoms with Crippen molar-refractivity contribution < 1.29 is 17.6 Å². The van der Waals surface area contributed by atoms with Gasteiger partial charge in [0.1, 0.15) is 0 Å². The first kappa shape index (κ1) is 13.0. The molecule has 0 radical (unpaired) electrons. The third-order valence-electron chi connectivity index (χ3n) is 2.61. The molecule has 0 amide bonds. The molecule has 0 aliphatic heterocycles. The quantitative estimate of drug-likeness (QED) is 0.796. The number of rotatable bonds is 2. The second-order valence-electron chi connectivity index (χ2n) is 3.72. The van der Waals surface area contributed by atoms with E-state index in [1.165, 1.54) is 0 Å². The minimum Gasteiger partial charge on any atom is -0.203 e. The molecule has 0 aromatic carbocycles. The lowest BCUT2D eigenvalue weighted by atomic mass is 10.2. The smallest absolute Gasteiger partial charge is 0.203 e. The predicted octanol–water partition coefficient (Wildman–Crippen LogP) is 2.75. The summed E-state index contributed by atoms with van der Waals surface area (Å²) in [6.07, 6.45) is -3.90. The summed E-state index contributed by atoms with van der Waals surface area (Å²) in [6.45, 7) is 3.18. The van der Waals surface area contributed by atoms with Crippen molar-refractivity contribution in [1.82, 2.24) is 19.8 Å². The predicted molar refractivity (Wildman–Crippen MR) is 55.2 cm³/mol. The van der Waals surface area contributed by atoms with E-state index in [9.17, 15) is 17.6 Å². The van der Waals surface area contributed by atoms with Gasteiger partial charge in [0.25, 0.3) is 0 Å². The van der Waals surface area contributed by atoms with E-state index in [1.807, 2.05) is 0 Å². The first-order valence-electron chi connectivity index (χ1n) is 4.81. The van der Waals surface area contributed by atoms with Crippen molar-refractivity contribution in [3.8, 4) is 0 Å². The number of aromatic nitrogens is 4. The maximum atomic E-state index is 13.2. The summed E-state index contributed by atoms with van der Waals surface area (Å²) >= 11 is 5.73. The van der Waals surface area contributed by atoms with Gasteiger partial charge in [-0.05, 0) is 19.4 Å². The van der Waals surface area contributed by atoms with E-state index in [4.69, 9.17) is 11.6 Å². The standard InChI is InChI=1S/C9H7ClF4N4/c1-3-4(2)6-15-16-8(9(13,14)7(11)12)18(6)17-5(3)10/h7H,1-2H3. The number of halogens is 5. The molecule has 2 rings (SSSR count). The maximum absolute atomic E-state index is 13.2. The maximum Gasteiger partial charge on any atom is 0.367 e. The van der Waals surface area contributed by atoms with E-state index < -0.39 is 18.2 Å². The fraction of sp³-hybridized carbons (Fsp3) is 0.444. The fourth-order valence-electron chi connectivity index (χ4n) is 1.40. The minimum absolute atomic E-state index is 0.0211. The van der Waals surface area contributed by atoms with Crippen LogP contribution in [0.4, 0.5) is 17.6 Å². The molecule has 0 saturated carbocycles. The molecule has 98 valence electrons. The molecule has 2 aromatic rings. The van der Waals surface area contributed by atoms with Gasteiger partial charge in [-0.3, -0.25) is 0 Å². The summed E-state index contributed by atoms with van der Waals surface area (Å²) in [7, 11) is 0. The van der Waals surface area contributed by atoms with Gasteiger partial charge in [0.15, 0.2) is 10.8 Å². The van der Waals surface area contributed by atoms with Crippen LogP contribution < -0.4 is 0 Å². The highest BCUT2D eigenvalue weighted by Gasteiger charge is 2.48.